The predicted molar refractivity (Wildman–Crippen MR) is 82.7 cm³/mol. The molecule has 0 radical (unpaired) electrons. The monoisotopic (exact) mass is 342 g/mol. The van der Waals surface area contributed by atoms with Gasteiger partial charge in [-0.1, -0.05) is 6.92 Å². The van der Waals surface area contributed by atoms with Gasteiger partial charge in [0, 0.05) is 22.7 Å². The Morgan fingerprint density at radius 2 is 2.16 bits per heavy atom. The number of aliphatic hydroxyl groups is 1. The molecular weight excluding hydrogens is 324 g/mol. The third-order valence-corrected chi connectivity index (χ3v) is 5.56. The van der Waals surface area contributed by atoms with Gasteiger partial charge in [-0.3, -0.25) is 4.68 Å². The van der Waals surface area contributed by atoms with Crippen molar-refractivity contribution >= 4 is 27.3 Å². The molecule has 2 rings (SSSR count). The molecule has 5 heteroatoms. The Morgan fingerprint density at radius 3 is 2.74 bits per heavy atom. The summed E-state index contributed by atoms with van der Waals surface area (Å²) in [6, 6.07) is 4.13. The molecule has 1 N–H and O–H groups in total. The maximum absolute atomic E-state index is 10.4. The molecule has 0 aliphatic heterocycles. The molecule has 0 aliphatic rings. The fourth-order valence-corrected chi connectivity index (χ4v) is 3.50. The van der Waals surface area contributed by atoms with E-state index in [2.05, 4.69) is 40.9 Å². The standard InChI is InChI=1S/C14H19BrN2OS/c1-4-10-6-7-13(19-10)12(18)8-11-14(15)9(3)16-17(11)5-2/h6-7,12,18H,4-5,8H2,1-3H3. The zero-order valence-electron chi connectivity index (χ0n) is 11.5. The Kier molecular flexibility index (Phi) is 4.81. The maximum Gasteiger partial charge on any atom is 0.0937 e. The first-order valence-corrected chi connectivity index (χ1v) is 8.16. The van der Waals surface area contributed by atoms with Crippen molar-refractivity contribution in [2.45, 2.75) is 46.3 Å². The molecule has 19 heavy (non-hydrogen) atoms. The summed E-state index contributed by atoms with van der Waals surface area (Å²) in [6.45, 7) is 6.99. The molecule has 1 unspecified atom stereocenters. The molecule has 104 valence electrons. The number of aliphatic hydroxyl groups excluding tert-OH is 1. The highest BCUT2D eigenvalue weighted by Crippen LogP contribution is 2.30. The summed E-state index contributed by atoms with van der Waals surface area (Å²) >= 11 is 5.26. The summed E-state index contributed by atoms with van der Waals surface area (Å²) in [5.41, 5.74) is 2.04. The van der Waals surface area contributed by atoms with Crippen LogP contribution in [0.25, 0.3) is 0 Å². The van der Waals surface area contributed by atoms with Gasteiger partial charge in [0.15, 0.2) is 0 Å². The summed E-state index contributed by atoms with van der Waals surface area (Å²) in [5.74, 6) is 0. The SMILES string of the molecule is CCc1ccc(C(O)Cc2c(Br)c(C)nn2CC)s1. The molecule has 0 amide bonds. The zero-order chi connectivity index (χ0) is 14.0. The lowest BCUT2D eigenvalue weighted by Crippen LogP contribution is -2.08. The summed E-state index contributed by atoms with van der Waals surface area (Å²) < 4.78 is 2.97. The first-order valence-electron chi connectivity index (χ1n) is 6.55. The van der Waals surface area contributed by atoms with Crippen LogP contribution in [0.3, 0.4) is 0 Å². The van der Waals surface area contributed by atoms with E-state index in [1.807, 2.05) is 17.7 Å². The molecule has 0 saturated carbocycles. The van der Waals surface area contributed by atoms with Crippen molar-refractivity contribution in [3.63, 3.8) is 0 Å². The quantitative estimate of drug-likeness (QED) is 0.895. The summed E-state index contributed by atoms with van der Waals surface area (Å²) in [4.78, 5) is 2.35. The van der Waals surface area contributed by atoms with Crippen molar-refractivity contribution in [2.24, 2.45) is 0 Å². The fourth-order valence-electron chi connectivity index (χ4n) is 2.11. The molecule has 0 aromatic carbocycles. The lowest BCUT2D eigenvalue weighted by atomic mass is 10.1. The number of hydrogen-bond acceptors (Lipinski definition) is 3. The second-order valence-corrected chi connectivity index (χ2v) is 6.53. The number of hydrogen-bond donors (Lipinski definition) is 1. The average molecular weight is 343 g/mol. The van der Waals surface area contributed by atoms with E-state index in [0.29, 0.717) is 6.42 Å². The highest BCUT2D eigenvalue weighted by Gasteiger charge is 2.18. The Balaban J connectivity index is 2.20. The molecule has 0 spiro atoms. The van der Waals surface area contributed by atoms with Gasteiger partial charge in [-0.15, -0.1) is 11.3 Å². The van der Waals surface area contributed by atoms with Crippen LogP contribution in [-0.2, 0) is 19.4 Å². The molecule has 2 aromatic heterocycles. The summed E-state index contributed by atoms with van der Waals surface area (Å²) in [5, 5.41) is 14.8. The van der Waals surface area contributed by atoms with E-state index in [4.69, 9.17) is 0 Å². The number of aryl methyl sites for hydroxylation is 3. The van der Waals surface area contributed by atoms with Crippen molar-refractivity contribution in [1.29, 1.82) is 0 Å². The van der Waals surface area contributed by atoms with E-state index < -0.39 is 6.10 Å². The number of halogens is 1. The smallest absolute Gasteiger partial charge is 0.0937 e. The summed E-state index contributed by atoms with van der Waals surface area (Å²) in [7, 11) is 0. The van der Waals surface area contributed by atoms with Gasteiger partial charge in [-0.2, -0.15) is 5.10 Å². The Labute approximate surface area is 126 Å². The lowest BCUT2D eigenvalue weighted by molar-refractivity contribution is 0.179. The maximum atomic E-state index is 10.4. The van der Waals surface area contributed by atoms with E-state index >= 15 is 0 Å². The minimum Gasteiger partial charge on any atom is -0.387 e. The molecule has 2 heterocycles. The largest absolute Gasteiger partial charge is 0.387 e. The van der Waals surface area contributed by atoms with Crippen LogP contribution >= 0.6 is 27.3 Å². The molecule has 0 aliphatic carbocycles. The van der Waals surface area contributed by atoms with Crippen LogP contribution in [0, 0.1) is 6.92 Å². The van der Waals surface area contributed by atoms with Crippen molar-refractivity contribution in [3.8, 4) is 0 Å². The molecule has 2 aromatic rings. The minimum absolute atomic E-state index is 0.456. The Hall–Kier alpha value is -0.650. The predicted octanol–water partition coefficient (Wildman–Crippen LogP) is 3.87. The van der Waals surface area contributed by atoms with Gasteiger partial charge in [0.1, 0.15) is 0 Å². The van der Waals surface area contributed by atoms with Crippen LogP contribution in [-0.4, -0.2) is 14.9 Å². The van der Waals surface area contributed by atoms with Gasteiger partial charge < -0.3 is 5.11 Å². The highest BCUT2D eigenvalue weighted by molar-refractivity contribution is 9.10. The number of thiophene rings is 1. The zero-order valence-corrected chi connectivity index (χ0v) is 13.9. The van der Waals surface area contributed by atoms with Gasteiger partial charge in [-0.05, 0) is 48.3 Å². The minimum atomic E-state index is -0.456. The van der Waals surface area contributed by atoms with Crippen molar-refractivity contribution in [1.82, 2.24) is 9.78 Å². The first kappa shape index (κ1) is 14.8. The van der Waals surface area contributed by atoms with Gasteiger partial charge >= 0.3 is 0 Å². The normalized spacial score (nSPS) is 12.9. The third-order valence-electron chi connectivity index (χ3n) is 3.20. The number of rotatable bonds is 5. The molecule has 1 atom stereocenters. The average Bonchev–Trinajstić information content (AvgIpc) is 2.98. The van der Waals surface area contributed by atoms with Crippen molar-refractivity contribution < 1.29 is 5.11 Å². The molecule has 3 nitrogen and oxygen atoms in total. The second kappa shape index (κ2) is 6.20. The fraction of sp³-hybridized carbons (Fsp3) is 0.500. The number of aromatic nitrogens is 2. The van der Waals surface area contributed by atoms with Gasteiger partial charge in [0.2, 0.25) is 0 Å². The van der Waals surface area contributed by atoms with Crippen molar-refractivity contribution in [2.75, 3.05) is 0 Å². The van der Waals surface area contributed by atoms with E-state index in [-0.39, 0.29) is 0 Å². The highest BCUT2D eigenvalue weighted by atomic mass is 79.9. The van der Waals surface area contributed by atoms with E-state index in [1.54, 1.807) is 11.3 Å². The topological polar surface area (TPSA) is 38.1 Å². The van der Waals surface area contributed by atoms with Crippen LogP contribution in [0.1, 0.15) is 41.1 Å². The summed E-state index contributed by atoms with van der Waals surface area (Å²) in [6.07, 6.45) is 1.16. The van der Waals surface area contributed by atoms with E-state index in [9.17, 15) is 5.11 Å². The molecular formula is C14H19BrN2OS. The van der Waals surface area contributed by atoms with Crippen LogP contribution < -0.4 is 0 Å². The van der Waals surface area contributed by atoms with E-state index in [1.165, 1.54) is 4.88 Å². The Bertz CT molecular complexity index is 562. The number of nitrogens with zero attached hydrogens (tertiary/aromatic N) is 2. The Morgan fingerprint density at radius 1 is 1.42 bits per heavy atom. The second-order valence-electron chi connectivity index (χ2n) is 4.54. The third kappa shape index (κ3) is 3.09. The molecule has 0 fully saturated rings. The van der Waals surface area contributed by atoms with Crippen LogP contribution in [0.2, 0.25) is 0 Å². The van der Waals surface area contributed by atoms with Crippen LogP contribution in [0.4, 0.5) is 0 Å². The first-order chi connectivity index (χ1) is 9.06. The van der Waals surface area contributed by atoms with Gasteiger partial charge in [0.25, 0.3) is 0 Å². The van der Waals surface area contributed by atoms with Crippen molar-refractivity contribution in [3.05, 3.63) is 37.7 Å². The molecule has 0 bridgehead atoms. The molecule has 0 saturated heterocycles. The van der Waals surface area contributed by atoms with Gasteiger partial charge in [0.05, 0.1) is 22.0 Å². The van der Waals surface area contributed by atoms with Crippen LogP contribution in [0.5, 0.6) is 0 Å². The van der Waals surface area contributed by atoms with Crippen LogP contribution in [0.15, 0.2) is 16.6 Å². The lowest BCUT2D eigenvalue weighted by Gasteiger charge is -2.10. The van der Waals surface area contributed by atoms with E-state index in [0.717, 1.165) is 33.7 Å². The van der Waals surface area contributed by atoms with Gasteiger partial charge in [-0.25, -0.2) is 0 Å².